The first kappa shape index (κ1) is 17.5. The SMILES string of the molecule is Cc1ccsc1C(=O)NCC(C)(C)c1cccc(C(F)(F)F)c1. The van der Waals surface area contributed by atoms with Gasteiger partial charge in [-0.2, -0.15) is 13.2 Å². The Labute approximate surface area is 137 Å². The molecule has 1 heterocycles. The molecule has 2 nitrogen and oxygen atoms in total. The van der Waals surface area contributed by atoms with Crippen molar-refractivity contribution in [3.8, 4) is 0 Å². The van der Waals surface area contributed by atoms with Gasteiger partial charge in [-0.1, -0.05) is 32.0 Å². The van der Waals surface area contributed by atoms with Gasteiger partial charge in [-0.15, -0.1) is 11.3 Å². The molecule has 1 aromatic heterocycles. The lowest BCUT2D eigenvalue weighted by molar-refractivity contribution is -0.137. The van der Waals surface area contributed by atoms with E-state index in [1.807, 2.05) is 32.2 Å². The maximum atomic E-state index is 12.8. The molecule has 0 spiro atoms. The minimum absolute atomic E-state index is 0.197. The van der Waals surface area contributed by atoms with Gasteiger partial charge in [0.05, 0.1) is 10.4 Å². The minimum atomic E-state index is -4.37. The molecule has 2 rings (SSSR count). The summed E-state index contributed by atoms with van der Waals surface area (Å²) >= 11 is 1.35. The fraction of sp³-hybridized carbons (Fsp3) is 0.353. The van der Waals surface area contributed by atoms with Gasteiger partial charge in [0, 0.05) is 12.0 Å². The Morgan fingerprint density at radius 3 is 2.39 bits per heavy atom. The Morgan fingerprint density at radius 1 is 1.17 bits per heavy atom. The third-order valence-electron chi connectivity index (χ3n) is 3.73. The monoisotopic (exact) mass is 341 g/mol. The minimum Gasteiger partial charge on any atom is -0.350 e. The van der Waals surface area contributed by atoms with Crippen LogP contribution in [0.5, 0.6) is 0 Å². The van der Waals surface area contributed by atoms with E-state index in [-0.39, 0.29) is 12.5 Å². The summed E-state index contributed by atoms with van der Waals surface area (Å²) in [5.41, 5.74) is 0.144. The lowest BCUT2D eigenvalue weighted by atomic mass is 9.83. The van der Waals surface area contributed by atoms with E-state index in [0.29, 0.717) is 10.4 Å². The zero-order chi connectivity index (χ0) is 17.3. The second-order valence-corrected chi connectivity index (χ2v) is 6.99. The maximum absolute atomic E-state index is 12.8. The van der Waals surface area contributed by atoms with Gasteiger partial charge in [0.2, 0.25) is 0 Å². The van der Waals surface area contributed by atoms with E-state index >= 15 is 0 Å². The van der Waals surface area contributed by atoms with Crippen molar-refractivity contribution < 1.29 is 18.0 Å². The molecule has 0 saturated carbocycles. The predicted molar refractivity (Wildman–Crippen MR) is 85.9 cm³/mol. The summed E-state index contributed by atoms with van der Waals surface area (Å²) in [7, 11) is 0. The number of hydrogen-bond acceptors (Lipinski definition) is 2. The lowest BCUT2D eigenvalue weighted by Gasteiger charge is -2.26. The number of thiophene rings is 1. The highest BCUT2D eigenvalue weighted by Gasteiger charge is 2.32. The second kappa shape index (κ2) is 6.35. The zero-order valence-electron chi connectivity index (χ0n) is 13.1. The summed E-state index contributed by atoms with van der Waals surface area (Å²) in [4.78, 5) is 12.8. The van der Waals surface area contributed by atoms with E-state index in [9.17, 15) is 18.0 Å². The van der Waals surface area contributed by atoms with Crippen LogP contribution in [0.1, 0.15) is 40.2 Å². The average molecular weight is 341 g/mol. The van der Waals surface area contributed by atoms with Crippen LogP contribution >= 0.6 is 11.3 Å². The van der Waals surface area contributed by atoms with Crippen molar-refractivity contribution in [1.82, 2.24) is 5.32 Å². The van der Waals surface area contributed by atoms with Crippen molar-refractivity contribution in [1.29, 1.82) is 0 Å². The summed E-state index contributed by atoms with van der Waals surface area (Å²) in [5.74, 6) is -0.197. The molecule has 0 atom stereocenters. The number of carbonyl (C=O) groups excluding carboxylic acids is 1. The molecular formula is C17H18F3NOS. The van der Waals surface area contributed by atoms with E-state index in [1.54, 1.807) is 6.07 Å². The fourth-order valence-electron chi connectivity index (χ4n) is 2.21. The van der Waals surface area contributed by atoms with Gasteiger partial charge in [0.15, 0.2) is 0 Å². The van der Waals surface area contributed by atoms with Crippen molar-refractivity contribution >= 4 is 17.2 Å². The molecule has 0 aliphatic carbocycles. The number of carbonyl (C=O) groups is 1. The Kier molecular flexibility index (Phi) is 4.84. The van der Waals surface area contributed by atoms with E-state index in [2.05, 4.69) is 5.32 Å². The first-order valence-electron chi connectivity index (χ1n) is 7.11. The van der Waals surface area contributed by atoms with Crippen molar-refractivity contribution in [3.63, 3.8) is 0 Å². The highest BCUT2D eigenvalue weighted by atomic mass is 32.1. The molecule has 2 aromatic rings. The van der Waals surface area contributed by atoms with Crippen molar-refractivity contribution in [2.75, 3.05) is 6.54 Å². The van der Waals surface area contributed by atoms with Crippen LogP contribution in [0.3, 0.4) is 0 Å². The smallest absolute Gasteiger partial charge is 0.350 e. The van der Waals surface area contributed by atoms with Crippen molar-refractivity contribution in [2.45, 2.75) is 32.4 Å². The van der Waals surface area contributed by atoms with Gasteiger partial charge < -0.3 is 5.32 Å². The Balaban J connectivity index is 2.13. The number of aryl methyl sites for hydroxylation is 1. The van der Waals surface area contributed by atoms with Crippen LogP contribution in [0.2, 0.25) is 0 Å². The molecule has 0 saturated heterocycles. The Hall–Kier alpha value is -1.82. The Morgan fingerprint density at radius 2 is 1.83 bits per heavy atom. The number of halogens is 3. The first-order chi connectivity index (χ1) is 10.6. The third-order valence-corrected chi connectivity index (χ3v) is 4.75. The van der Waals surface area contributed by atoms with Crippen LogP contribution in [0.15, 0.2) is 35.7 Å². The molecule has 0 fully saturated rings. The molecule has 124 valence electrons. The van der Waals surface area contributed by atoms with Gasteiger partial charge in [-0.3, -0.25) is 4.79 Å². The molecule has 1 N–H and O–H groups in total. The highest BCUT2D eigenvalue weighted by Crippen LogP contribution is 2.32. The average Bonchev–Trinajstić information content (AvgIpc) is 2.90. The summed E-state index contributed by atoms with van der Waals surface area (Å²) in [6.07, 6.45) is -4.37. The largest absolute Gasteiger partial charge is 0.416 e. The number of rotatable bonds is 4. The summed E-state index contributed by atoms with van der Waals surface area (Å²) < 4.78 is 38.5. The zero-order valence-corrected chi connectivity index (χ0v) is 13.9. The molecule has 0 aliphatic rings. The second-order valence-electron chi connectivity index (χ2n) is 6.08. The topological polar surface area (TPSA) is 29.1 Å². The van der Waals surface area contributed by atoms with Crippen molar-refractivity contribution in [2.24, 2.45) is 0 Å². The van der Waals surface area contributed by atoms with Crippen LogP contribution in [0.25, 0.3) is 0 Å². The van der Waals surface area contributed by atoms with Gasteiger partial charge in [-0.05, 0) is 35.6 Å². The van der Waals surface area contributed by atoms with Crippen LogP contribution in [-0.2, 0) is 11.6 Å². The van der Waals surface area contributed by atoms with E-state index in [1.165, 1.54) is 17.4 Å². The molecular weight excluding hydrogens is 323 g/mol. The standard InChI is InChI=1S/C17H18F3NOS/c1-11-7-8-23-14(11)15(22)21-10-16(2,3)12-5-4-6-13(9-12)17(18,19)20/h4-9H,10H2,1-3H3,(H,21,22). The number of hydrogen-bond donors (Lipinski definition) is 1. The van der Waals surface area contributed by atoms with E-state index < -0.39 is 17.2 Å². The molecule has 0 radical (unpaired) electrons. The van der Waals surface area contributed by atoms with Gasteiger partial charge >= 0.3 is 6.18 Å². The van der Waals surface area contributed by atoms with Crippen molar-refractivity contribution in [3.05, 3.63) is 57.3 Å². The number of alkyl halides is 3. The van der Waals surface area contributed by atoms with Gasteiger partial charge in [-0.25, -0.2) is 0 Å². The third kappa shape index (κ3) is 4.13. The summed E-state index contributed by atoms with van der Waals surface area (Å²) in [6, 6.07) is 7.09. The summed E-state index contributed by atoms with van der Waals surface area (Å²) in [6.45, 7) is 5.72. The molecule has 1 amide bonds. The van der Waals surface area contributed by atoms with Gasteiger partial charge in [0.25, 0.3) is 5.91 Å². The number of amides is 1. The van der Waals surface area contributed by atoms with Crippen LogP contribution in [0, 0.1) is 6.92 Å². The summed E-state index contributed by atoms with van der Waals surface area (Å²) in [5, 5.41) is 4.65. The molecule has 1 aromatic carbocycles. The quantitative estimate of drug-likeness (QED) is 0.852. The lowest BCUT2D eigenvalue weighted by Crippen LogP contribution is -2.36. The molecule has 0 bridgehead atoms. The first-order valence-corrected chi connectivity index (χ1v) is 7.99. The van der Waals surface area contributed by atoms with E-state index in [4.69, 9.17) is 0 Å². The number of benzene rings is 1. The van der Waals surface area contributed by atoms with Crippen LogP contribution in [-0.4, -0.2) is 12.5 Å². The Bertz CT molecular complexity index is 704. The van der Waals surface area contributed by atoms with Crippen LogP contribution < -0.4 is 5.32 Å². The van der Waals surface area contributed by atoms with Crippen LogP contribution in [0.4, 0.5) is 13.2 Å². The normalized spacial score (nSPS) is 12.3. The molecule has 23 heavy (non-hydrogen) atoms. The highest BCUT2D eigenvalue weighted by molar-refractivity contribution is 7.12. The predicted octanol–water partition coefficient (Wildman–Crippen LogP) is 4.78. The molecule has 0 unspecified atom stereocenters. The fourth-order valence-corrected chi connectivity index (χ4v) is 3.05. The molecule has 0 aliphatic heterocycles. The van der Waals surface area contributed by atoms with Gasteiger partial charge in [0.1, 0.15) is 0 Å². The molecule has 6 heteroatoms. The number of nitrogens with one attached hydrogen (secondary N) is 1. The van der Waals surface area contributed by atoms with E-state index in [0.717, 1.165) is 17.7 Å². The maximum Gasteiger partial charge on any atom is 0.416 e.